The molecule has 1 amide bonds. The summed E-state index contributed by atoms with van der Waals surface area (Å²) in [5.41, 5.74) is 11.9. The van der Waals surface area contributed by atoms with Crippen LogP contribution in [0.2, 0.25) is 0 Å². The highest BCUT2D eigenvalue weighted by Gasteiger charge is 2.22. The Kier molecular flexibility index (Phi) is 2.47. The second kappa shape index (κ2) is 3.78. The summed E-state index contributed by atoms with van der Waals surface area (Å²) in [7, 11) is 0. The maximum Gasteiger partial charge on any atom is 0.252 e. The van der Waals surface area contributed by atoms with Crippen molar-refractivity contribution < 1.29 is 9.53 Å². The summed E-state index contributed by atoms with van der Waals surface area (Å²) in [6.07, 6.45) is -0.113. The monoisotopic (exact) mass is 207 g/mol. The van der Waals surface area contributed by atoms with Crippen molar-refractivity contribution in [3.63, 3.8) is 0 Å². The van der Waals surface area contributed by atoms with Crippen molar-refractivity contribution >= 4 is 11.6 Å². The summed E-state index contributed by atoms with van der Waals surface area (Å²) in [4.78, 5) is 11.2. The van der Waals surface area contributed by atoms with Gasteiger partial charge in [-0.3, -0.25) is 4.79 Å². The molecule has 0 saturated carbocycles. The number of nitrogens with two attached hydrogens (primary N) is 2. The summed E-state index contributed by atoms with van der Waals surface area (Å²) in [5.74, 6) is 0.0121. The van der Waals surface area contributed by atoms with Crippen LogP contribution in [0.3, 0.4) is 0 Å². The molecule has 0 spiro atoms. The number of hydrogen-bond donors (Lipinski definition) is 3. The summed E-state index contributed by atoms with van der Waals surface area (Å²) in [5, 5.41) is 3.15. The van der Waals surface area contributed by atoms with Gasteiger partial charge >= 0.3 is 0 Å². The van der Waals surface area contributed by atoms with Gasteiger partial charge in [0.05, 0.1) is 17.8 Å². The normalized spacial score (nSPS) is 18.6. The molecule has 1 aromatic rings. The molecular formula is C10H13N3O2. The first-order chi connectivity index (χ1) is 7.22. The number of benzene rings is 1. The Hall–Kier alpha value is -1.75. The van der Waals surface area contributed by atoms with Crippen LogP contribution in [0.15, 0.2) is 18.2 Å². The van der Waals surface area contributed by atoms with E-state index < -0.39 is 5.91 Å². The van der Waals surface area contributed by atoms with Gasteiger partial charge in [0.2, 0.25) is 0 Å². The first kappa shape index (κ1) is 9.79. The lowest BCUT2D eigenvalue weighted by molar-refractivity contribution is 0.0993. The lowest BCUT2D eigenvalue weighted by Crippen LogP contribution is -2.37. The van der Waals surface area contributed by atoms with E-state index in [1.807, 2.05) is 6.07 Å². The highest BCUT2D eigenvalue weighted by molar-refractivity contribution is 5.97. The van der Waals surface area contributed by atoms with Gasteiger partial charge in [0.1, 0.15) is 6.10 Å². The van der Waals surface area contributed by atoms with E-state index in [4.69, 9.17) is 16.2 Å². The minimum absolute atomic E-state index is 0.113. The highest BCUT2D eigenvalue weighted by Crippen LogP contribution is 2.32. The van der Waals surface area contributed by atoms with Crippen LogP contribution in [0.5, 0.6) is 5.75 Å². The summed E-state index contributed by atoms with van der Waals surface area (Å²) in [6.45, 7) is 1.05. The van der Waals surface area contributed by atoms with E-state index >= 15 is 0 Å². The number of para-hydroxylation sites is 1. The first-order valence-electron chi connectivity index (χ1n) is 4.75. The lowest BCUT2D eigenvalue weighted by atomic mass is 10.1. The number of carbonyl (C=O) groups is 1. The summed E-state index contributed by atoms with van der Waals surface area (Å²) in [6, 6.07) is 5.24. The molecule has 1 aliphatic rings. The molecule has 5 heteroatoms. The SMILES string of the molecule is NCC1CNc2cccc(C(N)=O)c2O1. The molecule has 1 unspecified atom stereocenters. The number of ether oxygens (including phenoxy) is 1. The molecule has 1 aliphatic heterocycles. The van der Waals surface area contributed by atoms with Gasteiger partial charge in [0, 0.05) is 6.54 Å². The number of primary amides is 1. The Morgan fingerprint density at radius 1 is 1.60 bits per heavy atom. The molecule has 2 rings (SSSR count). The third-order valence-corrected chi connectivity index (χ3v) is 2.35. The van der Waals surface area contributed by atoms with Crippen molar-refractivity contribution in [2.45, 2.75) is 6.10 Å². The summed E-state index contributed by atoms with van der Waals surface area (Å²) >= 11 is 0. The number of rotatable bonds is 2. The average Bonchev–Trinajstić information content (AvgIpc) is 2.27. The van der Waals surface area contributed by atoms with Crippen LogP contribution < -0.4 is 21.5 Å². The largest absolute Gasteiger partial charge is 0.484 e. The van der Waals surface area contributed by atoms with Crippen LogP contribution in [0.25, 0.3) is 0 Å². The van der Waals surface area contributed by atoms with Crippen molar-refractivity contribution in [1.29, 1.82) is 0 Å². The van der Waals surface area contributed by atoms with Gasteiger partial charge in [-0.25, -0.2) is 0 Å². The van der Waals surface area contributed by atoms with E-state index in [1.54, 1.807) is 12.1 Å². The topological polar surface area (TPSA) is 90.4 Å². The number of fused-ring (bicyclic) bond motifs is 1. The Balaban J connectivity index is 2.40. The molecule has 1 aromatic carbocycles. The third kappa shape index (κ3) is 1.73. The fourth-order valence-corrected chi connectivity index (χ4v) is 1.56. The van der Waals surface area contributed by atoms with Crippen molar-refractivity contribution in [3.8, 4) is 5.75 Å². The van der Waals surface area contributed by atoms with E-state index in [0.717, 1.165) is 5.69 Å². The van der Waals surface area contributed by atoms with E-state index in [-0.39, 0.29) is 6.10 Å². The van der Waals surface area contributed by atoms with Crippen molar-refractivity contribution in [2.75, 3.05) is 18.4 Å². The number of amides is 1. The molecule has 15 heavy (non-hydrogen) atoms. The lowest BCUT2D eigenvalue weighted by Gasteiger charge is -2.27. The minimum Gasteiger partial charge on any atom is -0.484 e. The maximum atomic E-state index is 11.2. The Morgan fingerprint density at radius 3 is 3.07 bits per heavy atom. The molecule has 0 saturated heterocycles. The Bertz CT molecular complexity index is 392. The van der Waals surface area contributed by atoms with E-state index in [0.29, 0.717) is 24.4 Å². The van der Waals surface area contributed by atoms with E-state index in [2.05, 4.69) is 5.32 Å². The molecule has 5 nitrogen and oxygen atoms in total. The molecule has 0 aromatic heterocycles. The Morgan fingerprint density at radius 2 is 2.40 bits per heavy atom. The second-order valence-electron chi connectivity index (χ2n) is 3.40. The van der Waals surface area contributed by atoms with Crippen LogP contribution in [-0.4, -0.2) is 25.1 Å². The molecular weight excluding hydrogens is 194 g/mol. The number of anilines is 1. The molecule has 0 fully saturated rings. The predicted molar refractivity (Wildman–Crippen MR) is 56.9 cm³/mol. The molecule has 0 radical (unpaired) electrons. The van der Waals surface area contributed by atoms with E-state index in [9.17, 15) is 4.79 Å². The molecule has 1 atom stereocenters. The van der Waals surface area contributed by atoms with Crippen molar-refractivity contribution in [2.24, 2.45) is 11.5 Å². The maximum absolute atomic E-state index is 11.2. The first-order valence-corrected chi connectivity index (χ1v) is 4.75. The van der Waals surface area contributed by atoms with Crippen LogP contribution >= 0.6 is 0 Å². The van der Waals surface area contributed by atoms with Gasteiger partial charge in [0.25, 0.3) is 5.91 Å². The fraction of sp³-hybridized carbons (Fsp3) is 0.300. The minimum atomic E-state index is -0.494. The zero-order valence-corrected chi connectivity index (χ0v) is 8.19. The van der Waals surface area contributed by atoms with Gasteiger partial charge < -0.3 is 21.5 Å². The van der Waals surface area contributed by atoms with Crippen LogP contribution in [0.4, 0.5) is 5.69 Å². The standard InChI is InChI=1S/C10H13N3O2/c11-4-6-5-13-8-3-1-2-7(10(12)14)9(8)15-6/h1-3,6,13H,4-5,11H2,(H2,12,14). The molecule has 1 heterocycles. The zero-order chi connectivity index (χ0) is 10.8. The van der Waals surface area contributed by atoms with Crippen molar-refractivity contribution in [3.05, 3.63) is 23.8 Å². The van der Waals surface area contributed by atoms with Gasteiger partial charge in [-0.15, -0.1) is 0 Å². The van der Waals surface area contributed by atoms with Crippen LogP contribution in [0.1, 0.15) is 10.4 Å². The molecule has 5 N–H and O–H groups in total. The third-order valence-electron chi connectivity index (χ3n) is 2.35. The highest BCUT2D eigenvalue weighted by atomic mass is 16.5. The Labute approximate surface area is 87.4 Å². The summed E-state index contributed by atoms with van der Waals surface area (Å²) < 4.78 is 5.59. The van der Waals surface area contributed by atoms with Gasteiger partial charge in [-0.2, -0.15) is 0 Å². The van der Waals surface area contributed by atoms with Gasteiger partial charge in [-0.05, 0) is 12.1 Å². The van der Waals surface area contributed by atoms with Crippen LogP contribution in [0, 0.1) is 0 Å². The van der Waals surface area contributed by atoms with Crippen LogP contribution in [-0.2, 0) is 0 Å². The van der Waals surface area contributed by atoms with Gasteiger partial charge in [-0.1, -0.05) is 6.07 Å². The van der Waals surface area contributed by atoms with Crippen molar-refractivity contribution in [1.82, 2.24) is 0 Å². The second-order valence-corrected chi connectivity index (χ2v) is 3.40. The van der Waals surface area contributed by atoms with Gasteiger partial charge in [0.15, 0.2) is 5.75 Å². The predicted octanol–water partition coefficient (Wildman–Crippen LogP) is -0.0829. The van der Waals surface area contributed by atoms with E-state index in [1.165, 1.54) is 0 Å². The number of carbonyl (C=O) groups excluding carboxylic acids is 1. The molecule has 80 valence electrons. The fourth-order valence-electron chi connectivity index (χ4n) is 1.56. The number of nitrogens with one attached hydrogen (secondary N) is 1. The smallest absolute Gasteiger partial charge is 0.252 e. The zero-order valence-electron chi connectivity index (χ0n) is 8.19. The number of hydrogen-bond acceptors (Lipinski definition) is 4. The molecule has 0 aliphatic carbocycles. The average molecular weight is 207 g/mol. The molecule has 0 bridgehead atoms. The quantitative estimate of drug-likeness (QED) is 0.632.